The molecule has 2 aromatic carbocycles. The largest absolute Gasteiger partial charge is 0.497 e. The monoisotopic (exact) mass is 382 g/mol. The van der Waals surface area contributed by atoms with Gasteiger partial charge in [-0.2, -0.15) is 0 Å². The topological polar surface area (TPSA) is 67.9 Å². The third-order valence-electron chi connectivity index (χ3n) is 4.96. The average molecular weight is 382 g/mol. The first kappa shape index (κ1) is 19.9. The fourth-order valence-corrected chi connectivity index (χ4v) is 3.39. The van der Waals surface area contributed by atoms with E-state index in [9.17, 15) is 9.59 Å². The van der Waals surface area contributed by atoms with Crippen molar-refractivity contribution >= 4 is 12.2 Å². The Kier molecular flexibility index (Phi) is 7.03. The summed E-state index contributed by atoms with van der Waals surface area (Å²) >= 11 is 0. The van der Waals surface area contributed by atoms with Crippen LogP contribution in [0.3, 0.4) is 0 Å². The van der Waals surface area contributed by atoms with Crippen molar-refractivity contribution in [2.24, 2.45) is 0 Å². The minimum atomic E-state index is -0.169. The second-order valence-corrected chi connectivity index (χ2v) is 6.81. The molecular formula is C22H26N2O4. The standard InChI is InChI=1S/C22H26N2O4/c1-27-19-10-6-18(7-11-19)21(24-12-2-3-13-24)14-23-22(26)16-28-20-8-4-17(15-25)5-9-20/h4-11,15,21H,2-3,12-14,16H2,1H3,(H,23,26). The molecule has 6 heteroatoms. The molecule has 1 heterocycles. The lowest BCUT2D eigenvalue weighted by Crippen LogP contribution is -2.38. The number of carbonyl (C=O) groups excluding carboxylic acids is 2. The van der Waals surface area contributed by atoms with Crippen LogP contribution in [0.1, 0.15) is 34.8 Å². The number of hydrogen-bond donors (Lipinski definition) is 1. The molecule has 28 heavy (non-hydrogen) atoms. The van der Waals surface area contributed by atoms with Gasteiger partial charge in [0.05, 0.1) is 13.2 Å². The summed E-state index contributed by atoms with van der Waals surface area (Å²) in [5.41, 5.74) is 1.73. The predicted molar refractivity (Wildman–Crippen MR) is 107 cm³/mol. The van der Waals surface area contributed by atoms with Crippen LogP contribution in [0.15, 0.2) is 48.5 Å². The van der Waals surface area contributed by atoms with Crippen LogP contribution < -0.4 is 14.8 Å². The van der Waals surface area contributed by atoms with Crippen molar-refractivity contribution in [2.45, 2.75) is 18.9 Å². The molecule has 1 amide bonds. The SMILES string of the molecule is COc1ccc(C(CNC(=O)COc2ccc(C=O)cc2)N2CCCC2)cc1. The number of likely N-dealkylation sites (tertiary alicyclic amines) is 1. The van der Waals surface area contributed by atoms with Gasteiger partial charge in [0, 0.05) is 12.1 Å². The maximum atomic E-state index is 12.3. The summed E-state index contributed by atoms with van der Waals surface area (Å²) in [6.45, 7) is 2.53. The normalized spacial score (nSPS) is 15.0. The van der Waals surface area contributed by atoms with Gasteiger partial charge in [0.2, 0.25) is 0 Å². The second kappa shape index (κ2) is 9.90. The van der Waals surface area contributed by atoms with E-state index in [0.717, 1.165) is 30.7 Å². The number of rotatable bonds is 9. The Morgan fingerprint density at radius 1 is 1.07 bits per heavy atom. The molecule has 1 unspecified atom stereocenters. The molecule has 0 aromatic heterocycles. The van der Waals surface area contributed by atoms with Gasteiger partial charge in [-0.3, -0.25) is 14.5 Å². The third-order valence-corrected chi connectivity index (χ3v) is 4.96. The smallest absolute Gasteiger partial charge is 0.258 e. The van der Waals surface area contributed by atoms with Crippen molar-refractivity contribution < 1.29 is 19.1 Å². The minimum absolute atomic E-state index is 0.0598. The van der Waals surface area contributed by atoms with Crippen molar-refractivity contribution in [3.05, 3.63) is 59.7 Å². The van der Waals surface area contributed by atoms with Crippen LogP contribution in [0.4, 0.5) is 0 Å². The lowest BCUT2D eigenvalue weighted by molar-refractivity contribution is -0.123. The van der Waals surface area contributed by atoms with E-state index in [2.05, 4.69) is 22.3 Å². The van der Waals surface area contributed by atoms with Gasteiger partial charge in [-0.25, -0.2) is 0 Å². The van der Waals surface area contributed by atoms with Crippen LogP contribution in [0.5, 0.6) is 11.5 Å². The van der Waals surface area contributed by atoms with E-state index in [1.807, 2.05) is 12.1 Å². The van der Waals surface area contributed by atoms with Gasteiger partial charge >= 0.3 is 0 Å². The van der Waals surface area contributed by atoms with E-state index in [1.54, 1.807) is 31.4 Å². The lowest BCUT2D eigenvalue weighted by Gasteiger charge is -2.28. The first-order valence-corrected chi connectivity index (χ1v) is 9.52. The highest BCUT2D eigenvalue weighted by Gasteiger charge is 2.24. The van der Waals surface area contributed by atoms with Crippen molar-refractivity contribution in [1.82, 2.24) is 10.2 Å². The number of nitrogens with zero attached hydrogens (tertiary/aromatic N) is 1. The molecule has 1 aliphatic heterocycles. The number of benzene rings is 2. The maximum Gasteiger partial charge on any atom is 0.258 e. The van der Waals surface area contributed by atoms with E-state index >= 15 is 0 Å². The highest BCUT2D eigenvalue weighted by Crippen LogP contribution is 2.26. The van der Waals surface area contributed by atoms with E-state index in [0.29, 0.717) is 17.9 Å². The molecule has 0 aliphatic carbocycles. The summed E-state index contributed by atoms with van der Waals surface area (Å²) in [5.74, 6) is 1.21. The van der Waals surface area contributed by atoms with Gasteiger partial charge < -0.3 is 14.8 Å². The predicted octanol–water partition coefficient (Wildman–Crippen LogP) is 2.84. The first-order chi connectivity index (χ1) is 13.7. The maximum absolute atomic E-state index is 12.3. The quantitative estimate of drug-likeness (QED) is 0.676. The highest BCUT2D eigenvalue weighted by atomic mass is 16.5. The van der Waals surface area contributed by atoms with Crippen molar-refractivity contribution in [1.29, 1.82) is 0 Å². The summed E-state index contributed by atoms with van der Waals surface area (Å²) in [6.07, 6.45) is 3.13. The van der Waals surface area contributed by atoms with Gasteiger partial charge in [0.25, 0.3) is 5.91 Å². The molecule has 1 fully saturated rings. The summed E-state index contributed by atoms with van der Waals surface area (Å²) in [7, 11) is 1.65. The molecule has 1 N–H and O–H groups in total. The summed E-state index contributed by atoms with van der Waals surface area (Å²) in [5, 5.41) is 2.99. The Hall–Kier alpha value is -2.86. The minimum Gasteiger partial charge on any atom is -0.497 e. The Bertz CT molecular complexity index is 768. The molecule has 148 valence electrons. The van der Waals surface area contributed by atoms with Gasteiger partial charge in [-0.05, 0) is 67.9 Å². The Morgan fingerprint density at radius 3 is 2.32 bits per heavy atom. The summed E-state index contributed by atoms with van der Waals surface area (Å²) in [4.78, 5) is 25.3. The molecular weight excluding hydrogens is 356 g/mol. The van der Waals surface area contributed by atoms with Gasteiger partial charge in [-0.15, -0.1) is 0 Å². The number of carbonyl (C=O) groups is 2. The molecule has 0 saturated carbocycles. The van der Waals surface area contributed by atoms with Crippen LogP contribution in [0.25, 0.3) is 0 Å². The molecule has 0 bridgehead atoms. The molecule has 1 aliphatic rings. The highest BCUT2D eigenvalue weighted by molar-refractivity contribution is 5.77. The zero-order chi connectivity index (χ0) is 19.8. The average Bonchev–Trinajstić information content (AvgIpc) is 3.28. The fourth-order valence-electron chi connectivity index (χ4n) is 3.39. The second-order valence-electron chi connectivity index (χ2n) is 6.81. The first-order valence-electron chi connectivity index (χ1n) is 9.52. The van der Waals surface area contributed by atoms with Crippen LogP contribution in [0, 0.1) is 0 Å². The number of hydrogen-bond acceptors (Lipinski definition) is 5. The van der Waals surface area contributed by atoms with Crippen molar-refractivity contribution in [2.75, 3.05) is 33.4 Å². The number of amides is 1. The molecule has 3 rings (SSSR count). The zero-order valence-electron chi connectivity index (χ0n) is 16.1. The van der Waals surface area contributed by atoms with Crippen LogP contribution in [-0.2, 0) is 4.79 Å². The van der Waals surface area contributed by atoms with Crippen molar-refractivity contribution in [3.63, 3.8) is 0 Å². The molecule has 1 saturated heterocycles. The van der Waals surface area contributed by atoms with Crippen molar-refractivity contribution in [3.8, 4) is 11.5 Å². The number of methoxy groups -OCH3 is 1. The van der Waals surface area contributed by atoms with Gasteiger partial charge in [0.1, 0.15) is 17.8 Å². The fraction of sp³-hybridized carbons (Fsp3) is 0.364. The number of aldehydes is 1. The zero-order valence-corrected chi connectivity index (χ0v) is 16.1. The van der Waals surface area contributed by atoms with E-state index in [-0.39, 0.29) is 18.6 Å². The molecule has 1 atom stereocenters. The Morgan fingerprint density at radius 2 is 1.71 bits per heavy atom. The van der Waals surface area contributed by atoms with E-state index < -0.39 is 0 Å². The Labute approximate surface area is 165 Å². The Balaban J connectivity index is 1.55. The van der Waals surface area contributed by atoms with Crippen LogP contribution in [-0.4, -0.2) is 50.4 Å². The number of ether oxygens (including phenoxy) is 2. The molecule has 2 aromatic rings. The summed E-state index contributed by atoms with van der Waals surface area (Å²) in [6, 6.07) is 14.8. The third kappa shape index (κ3) is 5.33. The lowest BCUT2D eigenvalue weighted by atomic mass is 10.1. The number of nitrogens with one attached hydrogen (secondary N) is 1. The molecule has 6 nitrogen and oxygen atoms in total. The van der Waals surface area contributed by atoms with Crippen LogP contribution >= 0.6 is 0 Å². The van der Waals surface area contributed by atoms with E-state index in [4.69, 9.17) is 9.47 Å². The van der Waals surface area contributed by atoms with Gasteiger partial charge in [0.15, 0.2) is 6.61 Å². The molecule has 0 spiro atoms. The van der Waals surface area contributed by atoms with Gasteiger partial charge in [-0.1, -0.05) is 12.1 Å². The molecule has 0 radical (unpaired) electrons. The van der Waals surface area contributed by atoms with Crippen LogP contribution in [0.2, 0.25) is 0 Å². The van der Waals surface area contributed by atoms with E-state index in [1.165, 1.54) is 12.8 Å². The summed E-state index contributed by atoms with van der Waals surface area (Å²) < 4.78 is 10.7.